The molecule has 0 bridgehead atoms. The Morgan fingerprint density at radius 1 is 1.12 bits per heavy atom. The number of aldehydes is 1. The summed E-state index contributed by atoms with van der Waals surface area (Å²) in [6.07, 6.45) is 4.35. The zero-order valence-electron chi connectivity index (χ0n) is 9.96. The first-order chi connectivity index (χ1) is 8.27. The molecule has 0 saturated heterocycles. The molecular weight excluding hydrogens is 214 g/mol. The Hall–Kier alpha value is -2.16. The number of rotatable bonds is 2. The summed E-state index contributed by atoms with van der Waals surface area (Å²) in [5, 5.41) is 0. The van der Waals surface area contributed by atoms with Gasteiger partial charge in [0.1, 0.15) is 5.75 Å². The fourth-order valence-electron chi connectivity index (χ4n) is 1.19. The van der Waals surface area contributed by atoms with E-state index in [4.69, 9.17) is 4.74 Å². The first kappa shape index (κ1) is 12.9. The van der Waals surface area contributed by atoms with Gasteiger partial charge in [-0.15, -0.1) is 0 Å². The molecule has 3 nitrogen and oxygen atoms in total. The number of para-hydroxylation sites is 1. The van der Waals surface area contributed by atoms with Gasteiger partial charge in [-0.05, 0) is 36.8 Å². The van der Waals surface area contributed by atoms with Crippen molar-refractivity contribution in [3.05, 3.63) is 59.9 Å². The third kappa shape index (κ3) is 4.47. The molecule has 0 saturated carbocycles. The van der Waals surface area contributed by atoms with Crippen LogP contribution in [0.2, 0.25) is 0 Å². The molecule has 0 aliphatic heterocycles. The minimum atomic E-state index is 0.588. The van der Waals surface area contributed by atoms with Gasteiger partial charge < -0.3 is 4.74 Å². The van der Waals surface area contributed by atoms with Gasteiger partial charge in [-0.3, -0.25) is 9.78 Å². The fourth-order valence-corrected chi connectivity index (χ4v) is 1.19. The van der Waals surface area contributed by atoms with Gasteiger partial charge >= 0.3 is 0 Å². The lowest BCUT2D eigenvalue weighted by Crippen LogP contribution is -1.88. The summed E-state index contributed by atoms with van der Waals surface area (Å²) in [7, 11) is 1.54. The van der Waals surface area contributed by atoms with Crippen molar-refractivity contribution >= 4 is 6.29 Å². The quantitative estimate of drug-likeness (QED) is 0.743. The molecule has 0 radical (unpaired) electrons. The molecule has 0 unspecified atom stereocenters. The van der Waals surface area contributed by atoms with Crippen molar-refractivity contribution < 1.29 is 9.53 Å². The predicted molar refractivity (Wildman–Crippen MR) is 67.4 cm³/mol. The third-order valence-corrected chi connectivity index (χ3v) is 2.11. The van der Waals surface area contributed by atoms with Crippen molar-refractivity contribution in [1.82, 2.24) is 4.98 Å². The van der Waals surface area contributed by atoms with E-state index in [1.165, 1.54) is 5.56 Å². The van der Waals surface area contributed by atoms with Crippen LogP contribution in [0.4, 0.5) is 0 Å². The molecule has 1 aromatic heterocycles. The molecule has 3 heteroatoms. The molecule has 17 heavy (non-hydrogen) atoms. The first-order valence-corrected chi connectivity index (χ1v) is 5.22. The van der Waals surface area contributed by atoms with Gasteiger partial charge in [0.2, 0.25) is 0 Å². The first-order valence-electron chi connectivity index (χ1n) is 5.22. The summed E-state index contributed by atoms with van der Waals surface area (Å²) in [5.41, 5.74) is 1.85. The van der Waals surface area contributed by atoms with Crippen molar-refractivity contribution in [2.45, 2.75) is 6.92 Å². The number of aromatic nitrogens is 1. The molecule has 2 rings (SSSR count). The molecular formula is C14H15NO2. The second-order valence-electron chi connectivity index (χ2n) is 3.38. The van der Waals surface area contributed by atoms with Crippen LogP contribution in [-0.4, -0.2) is 18.4 Å². The number of carbonyl (C=O) groups excluding carboxylic acids is 1. The summed E-state index contributed by atoms with van der Waals surface area (Å²) in [6.45, 7) is 2.04. The lowest BCUT2D eigenvalue weighted by molar-refractivity contribution is 0.112. The third-order valence-electron chi connectivity index (χ3n) is 2.11. The second kappa shape index (κ2) is 7.17. The van der Waals surface area contributed by atoms with Crippen LogP contribution in [0.25, 0.3) is 0 Å². The molecule has 2 aromatic rings. The van der Waals surface area contributed by atoms with Gasteiger partial charge in [0, 0.05) is 12.4 Å². The van der Waals surface area contributed by atoms with Gasteiger partial charge in [-0.25, -0.2) is 0 Å². The molecule has 88 valence electrons. The van der Waals surface area contributed by atoms with Crippen LogP contribution in [0.5, 0.6) is 5.75 Å². The smallest absolute Gasteiger partial charge is 0.153 e. The monoisotopic (exact) mass is 229 g/mol. The Labute approximate surface area is 101 Å². The van der Waals surface area contributed by atoms with E-state index in [9.17, 15) is 4.79 Å². The highest BCUT2D eigenvalue weighted by molar-refractivity contribution is 5.79. The average Bonchev–Trinajstić information content (AvgIpc) is 2.40. The molecule has 1 aromatic carbocycles. The SMILES string of the molecule is COc1ccccc1C=O.Cc1ccncc1. The lowest BCUT2D eigenvalue weighted by atomic mass is 10.2. The molecule has 0 aliphatic carbocycles. The van der Waals surface area contributed by atoms with E-state index in [1.807, 2.05) is 25.1 Å². The number of hydrogen-bond acceptors (Lipinski definition) is 3. The minimum absolute atomic E-state index is 0.588. The normalized spacial score (nSPS) is 8.82. The summed E-state index contributed by atoms with van der Waals surface area (Å²) in [4.78, 5) is 14.2. The van der Waals surface area contributed by atoms with Crippen molar-refractivity contribution in [3.8, 4) is 5.75 Å². The van der Waals surface area contributed by atoms with Crippen LogP contribution in [0.15, 0.2) is 48.8 Å². The molecule has 1 heterocycles. The van der Waals surface area contributed by atoms with Crippen molar-refractivity contribution in [2.24, 2.45) is 0 Å². The zero-order valence-corrected chi connectivity index (χ0v) is 9.96. The molecule has 0 amide bonds. The van der Waals surface area contributed by atoms with Crippen molar-refractivity contribution in [1.29, 1.82) is 0 Å². The van der Waals surface area contributed by atoms with Crippen LogP contribution in [-0.2, 0) is 0 Å². The summed E-state index contributed by atoms with van der Waals surface area (Å²) in [5.74, 6) is 0.623. The Balaban J connectivity index is 0.000000181. The number of methoxy groups -OCH3 is 1. The maximum atomic E-state index is 10.3. The summed E-state index contributed by atoms with van der Waals surface area (Å²) < 4.78 is 4.90. The van der Waals surface area contributed by atoms with Crippen LogP contribution in [0.1, 0.15) is 15.9 Å². The number of ether oxygens (including phenoxy) is 1. The second-order valence-corrected chi connectivity index (χ2v) is 3.38. The van der Waals surface area contributed by atoms with E-state index in [1.54, 1.807) is 37.7 Å². The molecule has 0 fully saturated rings. The predicted octanol–water partition coefficient (Wildman–Crippen LogP) is 2.90. The minimum Gasteiger partial charge on any atom is -0.496 e. The van der Waals surface area contributed by atoms with E-state index in [0.717, 1.165) is 6.29 Å². The van der Waals surface area contributed by atoms with Gasteiger partial charge in [0.15, 0.2) is 6.29 Å². The van der Waals surface area contributed by atoms with E-state index in [0.29, 0.717) is 11.3 Å². The van der Waals surface area contributed by atoms with Gasteiger partial charge in [-0.1, -0.05) is 12.1 Å². The van der Waals surface area contributed by atoms with Crippen LogP contribution >= 0.6 is 0 Å². The fraction of sp³-hybridized carbons (Fsp3) is 0.143. The maximum absolute atomic E-state index is 10.3. The van der Waals surface area contributed by atoms with E-state index in [-0.39, 0.29) is 0 Å². The maximum Gasteiger partial charge on any atom is 0.153 e. The number of hydrogen-bond donors (Lipinski definition) is 0. The standard InChI is InChI=1S/C8H8O2.C6H7N/c1-10-8-5-3-2-4-7(8)6-9;1-6-2-4-7-5-3-6/h2-6H,1H3;2-5H,1H3. The lowest BCUT2D eigenvalue weighted by Gasteiger charge is -1.99. The number of nitrogens with zero attached hydrogens (tertiary/aromatic N) is 1. The number of aryl methyl sites for hydroxylation is 1. The molecule has 0 atom stereocenters. The van der Waals surface area contributed by atoms with Crippen LogP contribution in [0, 0.1) is 6.92 Å². The summed E-state index contributed by atoms with van der Waals surface area (Å²) >= 11 is 0. The highest BCUT2D eigenvalue weighted by Gasteiger charge is 1.96. The van der Waals surface area contributed by atoms with Gasteiger partial charge in [-0.2, -0.15) is 0 Å². The Kier molecular flexibility index (Phi) is 5.44. The highest BCUT2D eigenvalue weighted by Crippen LogP contribution is 2.13. The molecule has 0 aliphatic rings. The largest absolute Gasteiger partial charge is 0.496 e. The Morgan fingerprint density at radius 2 is 1.76 bits per heavy atom. The van der Waals surface area contributed by atoms with E-state index < -0.39 is 0 Å². The topological polar surface area (TPSA) is 39.2 Å². The van der Waals surface area contributed by atoms with E-state index >= 15 is 0 Å². The van der Waals surface area contributed by atoms with Crippen LogP contribution < -0.4 is 4.74 Å². The summed E-state index contributed by atoms with van der Waals surface area (Å²) in [6, 6.07) is 11.0. The van der Waals surface area contributed by atoms with Crippen molar-refractivity contribution in [3.63, 3.8) is 0 Å². The van der Waals surface area contributed by atoms with E-state index in [2.05, 4.69) is 4.98 Å². The van der Waals surface area contributed by atoms with Gasteiger partial charge in [0.25, 0.3) is 0 Å². The van der Waals surface area contributed by atoms with Gasteiger partial charge in [0.05, 0.1) is 12.7 Å². The Bertz CT molecular complexity index is 455. The highest BCUT2D eigenvalue weighted by atomic mass is 16.5. The zero-order chi connectivity index (χ0) is 12.5. The molecule has 0 spiro atoms. The molecule has 0 N–H and O–H groups in total. The average molecular weight is 229 g/mol. The number of carbonyl (C=O) groups is 1. The number of benzene rings is 1. The van der Waals surface area contributed by atoms with Crippen molar-refractivity contribution in [2.75, 3.05) is 7.11 Å². The van der Waals surface area contributed by atoms with Crippen LogP contribution in [0.3, 0.4) is 0 Å². The Morgan fingerprint density at radius 3 is 2.18 bits per heavy atom. The number of pyridine rings is 1.